The van der Waals surface area contributed by atoms with Crippen LogP contribution >= 0.6 is 27.5 Å². The van der Waals surface area contributed by atoms with E-state index in [-0.39, 0.29) is 18.8 Å². The van der Waals surface area contributed by atoms with E-state index in [1.807, 2.05) is 0 Å². The highest BCUT2D eigenvalue weighted by Gasteiger charge is 2.44. The Kier molecular flexibility index (Phi) is 7.28. The van der Waals surface area contributed by atoms with Crippen molar-refractivity contribution in [1.82, 2.24) is 9.44 Å². The van der Waals surface area contributed by atoms with Gasteiger partial charge in [-0.15, -0.1) is 0 Å². The number of hydrogen-bond acceptors (Lipinski definition) is 6. The second-order valence-electron chi connectivity index (χ2n) is 6.90. The molecule has 2 atom stereocenters. The van der Waals surface area contributed by atoms with E-state index in [2.05, 4.69) is 30.7 Å². The average Bonchev–Trinajstić information content (AvgIpc) is 3.05. The molecule has 0 bridgehead atoms. The number of amides is 1. The molecule has 2 unspecified atom stereocenters. The van der Waals surface area contributed by atoms with Crippen LogP contribution in [0.25, 0.3) is 0 Å². The van der Waals surface area contributed by atoms with Gasteiger partial charge in [-0.3, -0.25) is 4.79 Å². The van der Waals surface area contributed by atoms with Crippen molar-refractivity contribution in [2.45, 2.75) is 17.0 Å². The summed E-state index contributed by atoms with van der Waals surface area (Å²) in [5, 5.41) is 2.00. The fourth-order valence-electron chi connectivity index (χ4n) is 3.28. The molecule has 0 saturated heterocycles. The van der Waals surface area contributed by atoms with Gasteiger partial charge in [-0.2, -0.15) is 0 Å². The van der Waals surface area contributed by atoms with Gasteiger partial charge in [0.15, 0.2) is 0 Å². The Morgan fingerprint density at radius 1 is 1.10 bits per heavy atom. The standard InChI is InChI=1S/C18H20BrClN4O5S2/c19-12-4-5-15-14(9-12)17(16(24-15)18(21)25)31(28,29)23-7-6-22-30(26,27)10-11-2-1-3-13(20)8-11/h1-5,8-9,16-17,22-24H,6-7,10H2,(H2,21,25). The molecule has 168 valence electrons. The maximum Gasteiger partial charge on any atom is 0.241 e. The van der Waals surface area contributed by atoms with Crippen LogP contribution in [0, 0.1) is 0 Å². The number of hydrogen-bond donors (Lipinski definition) is 4. The van der Waals surface area contributed by atoms with Gasteiger partial charge in [-0.05, 0) is 41.5 Å². The van der Waals surface area contributed by atoms with Crippen molar-refractivity contribution in [3.63, 3.8) is 0 Å². The molecule has 1 aliphatic rings. The third kappa shape index (κ3) is 5.96. The highest BCUT2D eigenvalue weighted by atomic mass is 79.9. The van der Waals surface area contributed by atoms with Gasteiger partial charge in [0, 0.05) is 28.3 Å². The number of rotatable bonds is 9. The van der Waals surface area contributed by atoms with Gasteiger partial charge in [-0.25, -0.2) is 26.3 Å². The Morgan fingerprint density at radius 2 is 1.81 bits per heavy atom. The second kappa shape index (κ2) is 9.43. The molecule has 0 radical (unpaired) electrons. The fourth-order valence-corrected chi connectivity index (χ4v) is 6.66. The Morgan fingerprint density at radius 3 is 2.48 bits per heavy atom. The Labute approximate surface area is 194 Å². The largest absolute Gasteiger partial charge is 0.372 e. The number of benzene rings is 2. The minimum atomic E-state index is -4.05. The number of primary amides is 1. The second-order valence-corrected chi connectivity index (χ2v) is 11.9. The Balaban J connectivity index is 1.64. The number of carbonyl (C=O) groups is 1. The van der Waals surface area contributed by atoms with Crippen molar-refractivity contribution in [2.24, 2.45) is 5.73 Å². The quantitative estimate of drug-likeness (QED) is 0.347. The molecule has 0 spiro atoms. The summed E-state index contributed by atoms with van der Waals surface area (Å²) in [4.78, 5) is 11.8. The zero-order valence-corrected chi connectivity index (χ0v) is 20.0. The van der Waals surface area contributed by atoms with Crippen LogP contribution in [0.2, 0.25) is 5.02 Å². The number of halogens is 2. The Hall–Kier alpha value is -1.70. The summed E-state index contributed by atoms with van der Waals surface area (Å²) >= 11 is 9.15. The summed E-state index contributed by atoms with van der Waals surface area (Å²) in [5.41, 5.74) is 6.78. The Bertz CT molecular complexity index is 1210. The lowest BCUT2D eigenvalue weighted by molar-refractivity contribution is -0.118. The van der Waals surface area contributed by atoms with E-state index >= 15 is 0 Å². The van der Waals surface area contributed by atoms with Crippen molar-refractivity contribution in [2.75, 3.05) is 18.4 Å². The topological polar surface area (TPSA) is 147 Å². The van der Waals surface area contributed by atoms with Gasteiger partial charge in [0.2, 0.25) is 26.0 Å². The van der Waals surface area contributed by atoms with Gasteiger partial charge < -0.3 is 11.1 Å². The number of anilines is 1. The smallest absolute Gasteiger partial charge is 0.241 e. The molecule has 1 amide bonds. The summed E-state index contributed by atoms with van der Waals surface area (Å²) in [6.45, 7) is -0.378. The van der Waals surface area contributed by atoms with E-state index in [1.165, 1.54) is 6.07 Å². The lowest BCUT2D eigenvalue weighted by Gasteiger charge is -2.19. The minimum absolute atomic E-state index is 0.172. The minimum Gasteiger partial charge on any atom is -0.372 e. The van der Waals surface area contributed by atoms with Crippen molar-refractivity contribution >= 4 is 59.2 Å². The first-order valence-corrected chi connectivity index (χ1v) is 13.4. The van der Waals surface area contributed by atoms with Crippen LogP contribution in [-0.2, 0) is 30.6 Å². The molecule has 13 heteroatoms. The van der Waals surface area contributed by atoms with Crippen molar-refractivity contribution < 1.29 is 21.6 Å². The van der Waals surface area contributed by atoms with Gasteiger partial charge in [0.1, 0.15) is 11.3 Å². The first kappa shape index (κ1) is 24.0. The summed E-state index contributed by atoms with van der Waals surface area (Å²) in [7, 11) is -7.76. The van der Waals surface area contributed by atoms with Gasteiger partial charge in [-0.1, -0.05) is 39.7 Å². The molecule has 31 heavy (non-hydrogen) atoms. The molecule has 9 nitrogen and oxygen atoms in total. The number of nitrogens with two attached hydrogens (primary N) is 1. The molecule has 1 heterocycles. The predicted molar refractivity (Wildman–Crippen MR) is 122 cm³/mol. The molecule has 0 fully saturated rings. The molecule has 5 N–H and O–H groups in total. The van der Waals surface area contributed by atoms with Crippen LogP contribution in [0.15, 0.2) is 46.9 Å². The van der Waals surface area contributed by atoms with E-state index in [4.69, 9.17) is 17.3 Å². The van der Waals surface area contributed by atoms with E-state index in [0.29, 0.717) is 26.3 Å². The van der Waals surface area contributed by atoms with Crippen molar-refractivity contribution in [1.29, 1.82) is 0 Å². The summed E-state index contributed by atoms with van der Waals surface area (Å²) < 4.78 is 55.6. The van der Waals surface area contributed by atoms with Crippen LogP contribution < -0.4 is 20.5 Å². The monoisotopic (exact) mass is 550 g/mol. The fraction of sp³-hybridized carbons (Fsp3) is 0.278. The molecular weight excluding hydrogens is 532 g/mol. The van der Waals surface area contributed by atoms with Crippen LogP contribution in [-0.4, -0.2) is 41.9 Å². The number of carbonyl (C=O) groups excluding carboxylic acids is 1. The molecular formula is C18H20BrClN4O5S2. The number of fused-ring (bicyclic) bond motifs is 1. The van der Waals surface area contributed by atoms with E-state index < -0.39 is 37.2 Å². The maximum atomic E-state index is 12.9. The number of sulfonamides is 2. The van der Waals surface area contributed by atoms with Crippen LogP contribution in [0.4, 0.5) is 5.69 Å². The lowest BCUT2D eigenvalue weighted by atomic mass is 10.1. The molecule has 1 aliphatic heterocycles. The zero-order valence-electron chi connectivity index (χ0n) is 16.0. The third-order valence-corrected chi connectivity index (χ3v) is 8.46. The summed E-state index contributed by atoms with van der Waals surface area (Å²) in [6, 6.07) is 10.2. The predicted octanol–water partition coefficient (Wildman–Crippen LogP) is 1.46. The third-order valence-electron chi connectivity index (χ3n) is 4.57. The molecule has 0 aromatic heterocycles. The molecule has 0 saturated carbocycles. The van der Waals surface area contributed by atoms with E-state index in [9.17, 15) is 21.6 Å². The van der Waals surface area contributed by atoms with E-state index in [0.717, 1.165) is 0 Å². The molecule has 3 rings (SSSR count). The average molecular weight is 552 g/mol. The maximum absolute atomic E-state index is 12.9. The highest BCUT2D eigenvalue weighted by Crippen LogP contribution is 2.40. The van der Waals surface area contributed by atoms with Crippen molar-refractivity contribution in [3.05, 3.63) is 63.1 Å². The van der Waals surface area contributed by atoms with Gasteiger partial charge >= 0.3 is 0 Å². The normalized spacial score (nSPS) is 18.4. The molecule has 2 aromatic rings. The molecule has 0 aliphatic carbocycles. The first-order chi connectivity index (χ1) is 14.5. The summed E-state index contributed by atoms with van der Waals surface area (Å²) in [6.07, 6.45) is 0. The SMILES string of the molecule is NC(=O)C1Nc2ccc(Br)cc2C1S(=O)(=O)NCCNS(=O)(=O)Cc1cccc(Cl)c1. The van der Waals surface area contributed by atoms with Crippen LogP contribution in [0.5, 0.6) is 0 Å². The lowest BCUT2D eigenvalue weighted by Crippen LogP contribution is -2.44. The van der Waals surface area contributed by atoms with Gasteiger partial charge in [0.05, 0.1) is 5.75 Å². The highest BCUT2D eigenvalue weighted by molar-refractivity contribution is 9.10. The van der Waals surface area contributed by atoms with Crippen LogP contribution in [0.1, 0.15) is 16.4 Å². The van der Waals surface area contributed by atoms with Crippen molar-refractivity contribution in [3.8, 4) is 0 Å². The molecule has 2 aromatic carbocycles. The van der Waals surface area contributed by atoms with E-state index in [1.54, 1.807) is 36.4 Å². The van der Waals surface area contributed by atoms with Gasteiger partial charge in [0.25, 0.3) is 0 Å². The first-order valence-electron chi connectivity index (χ1n) is 9.04. The zero-order chi connectivity index (χ0) is 22.8. The summed E-state index contributed by atoms with van der Waals surface area (Å²) in [5.74, 6) is -1.11. The van der Waals surface area contributed by atoms with Crippen LogP contribution in [0.3, 0.4) is 0 Å². The number of nitrogens with one attached hydrogen (secondary N) is 3.